The third-order valence-electron chi connectivity index (χ3n) is 3.41. The second kappa shape index (κ2) is 5.71. The molecular weight excluding hydrogens is 264 g/mol. The highest BCUT2D eigenvalue weighted by Gasteiger charge is 2.08. The first-order chi connectivity index (χ1) is 10.3. The number of aromatic nitrogens is 2. The van der Waals surface area contributed by atoms with Gasteiger partial charge in [-0.3, -0.25) is 14.3 Å². The molecule has 4 heteroatoms. The van der Waals surface area contributed by atoms with Crippen LogP contribution >= 0.6 is 0 Å². The molecule has 1 heterocycles. The number of carbonyl (C=O) groups is 1. The molecule has 3 rings (SSSR count). The first-order valence-electron chi connectivity index (χ1n) is 6.79. The fourth-order valence-corrected chi connectivity index (χ4v) is 2.31. The molecule has 0 bridgehead atoms. The number of rotatable bonds is 4. The van der Waals surface area contributed by atoms with Crippen molar-refractivity contribution < 1.29 is 4.79 Å². The van der Waals surface area contributed by atoms with Crippen molar-refractivity contribution in [3.8, 4) is 0 Å². The summed E-state index contributed by atoms with van der Waals surface area (Å²) in [6.45, 7) is 0.453. The lowest BCUT2D eigenvalue weighted by Crippen LogP contribution is -2.14. The van der Waals surface area contributed by atoms with Gasteiger partial charge < -0.3 is 0 Å². The molecule has 0 aliphatic rings. The molecule has 0 N–H and O–H groups in total. The molecule has 1 aromatic heterocycles. The number of aryl methyl sites for hydroxylation is 1. The Labute approximate surface area is 121 Å². The van der Waals surface area contributed by atoms with E-state index >= 15 is 0 Å². The van der Waals surface area contributed by atoms with Gasteiger partial charge in [0.15, 0.2) is 5.78 Å². The molecule has 0 amide bonds. The third kappa shape index (κ3) is 2.74. The predicted octanol–water partition coefficient (Wildman–Crippen LogP) is 2.67. The minimum atomic E-state index is -0.101. The van der Waals surface area contributed by atoms with E-state index in [0.29, 0.717) is 23.9 Å². The van der Waals surface area contributed by atoms with Gasteiger partial charge in [0.2, 0.25) is 5.43 Å². The fourth-order valence-electron chi connectivity index (χ4n) is 2.31. The summed E-state index contributed by atoms with van der Waals surface area (Å²) in [7, 11) is 0. The zero-order valence-corrected chi connectivity index (χ0v) is 11.4. The van der Waals surface area contributed by atoms with E-state index in [0.717, 1.165) is 5.52 Å². The first-order valence-corrected chi connectivity index (χ1v) is 6.79. The molecule has 3 aromatic rings. The average molecular weight is 278 g/mol. The van der Waals surface area contributed by atoms with Crippen molar-refractivity contribution in [3.63, 3.8) is 0 Å². The van der Waals surface area contributed by atoms with Gasteiger partial charge in [0.05, 0.1) is 11.7 Å². The van der Waals surface area contributed by atoms with Gasteiger partial charge in [-0.05, 0) is 12.1 Å². The van der Waals surface area contributed by atoms with Gasteiger partial charge in [0.1, 0.15) is 0 Å². The average Bonchev–Trinajstić information content (AvgIpc) is 2.55. The van der Waals surface area contributed by atoms with Crippen molar-refractivity contribution in [3.05, 3.63) is 76.6 Å². The van der Waals surface area contributed by atoms with Gasteiger partial charge in [0, 0.05) is 23.9 Å². The first kappa shape index (κ1) is 13.2. The number of benzene rings is 2. The van der Waals surface area contributed by atoms with Crippen LogP contribution in [0.5, 0.6) is 0 Å². The maximum Gasteiger partial charge on any atom is 0.207 e. The molecule has 0 unspecified atom stereocenters. The largest absolute Gasteiger partial charge is 0.294 e. The zero-order valence-electron chi connectivity index (χ0n) is 11.4. The number of nitrogens with zero attached hydrogens (tertiary/aromatic N) is 2. The summed E-state index contributed by atoms with van der Waals surface area (Å²) in [6.07, 6.45) is 1.65. The van der Waals surface area contributed by atoms with Crippen LogP contribution in [0.4, 0.5) is 0 Å². The van der Waals surface area contributed by atoms with Crippen LogP contribution in [0.3, 0.4) is 0 Å². The van der Waals surface area contributed by atoms with Crippen LogP contribution in [0.1, 0.15) is 16.8 Å². The molecule has 0 aliphatic heterocycles. The van der Waals surface area contributed by atoms with Crippen LogP contribution in [0.15, 0.2) is 65.6 Å². The highest BCUT2D eigenvalue weighted by Crippen LogP contribution is 2.10. The molecule has 0 fully saturated rings. The number of para-hydroxylation sites is 1. The van der Waals surface area contributed by atoms with E-state index in [1.807, 2.05) is 36.4 Å². The third-order valence-corrected chi connectivity index (χ3v) is 3.41. The second-order valence-electron chi connectivity index (χ2n) is 4.79. The minimum absolute atomic E-state index is 0.0696. The Hall–Kier alpha value is -2.75. The Morgan fingerprint density at radius 1 is 1.00 bits per heavy atom. The standard InChI is InChI=1S/C17H14N2O2/c20-16(13-6-2-1-3-7-13)10-11-19-15-9-5-4-8-14(15)17(21)12-18-19/h1-9,12H,10-11H2. The van der Waals surface area contributed by atoms with E-state index in [-0.39, 0.29) is 11.2 Å². The number of carbonyl (C=O) groups excluding carboxylic acids is 1. The van der Waals surface area contributed by atoms with E-state index in [1.54, 1.807) is 22.9 Å². The van der Waals surface area contributed by atoms with Crippen molar-refractivity contribution in [1.29, 1.82) is 0 Å². The lowest BCUT2D eigenvalue weighted by atomic mass is 10.1. The van der Waals surface area contributed by atoms with Crippen LogP contribution in [-0.4, -0.2) is 15.6 Å². The summed E-state index contributed by atoms with van der Waals surface area (Å²) in [4.78, 5) is 23.9. The van der Waals surface area contributed by atoms with Crippen LogP contribution in [0.25, 0.3) is 10.9 Å². The van der Waals surface area contributed by atoms with E-state index < -0.39 is 0 Å². The van der Waals surface area contributed by atoms with E-state index in [4.69, 9.17) is 0 Å². The maximum absolute atomic E-state index is 12.1. The van der Waals surface area contributed by atoms with E-state index in [1.165, 1.54) is 6.20 Å². The molecule has 0 aliphatic carbocycles. The molecule has 2 aromatic carbocycles. The van der Waals surface area contributed by atoms with Gasteiger partial charge in [-0.15, -0.1) is 0 Å². The number of Topliss-reactive ketones (excluding diaryl/α,β-unsaturated/α-hetero) is 1. The quantitative estimate of drug-likeness (QED) is 0.689. The fraction of sp³-hybridized carbons (Fsp3) is 0.118. The molecule has 0 spiro atoms. The number of hydrogen-bond donors (Lipinski definition) is 0. The predicted molar refractivity (Wildman–Crippen MR) is 81.4 cm³/mol. The van der Waals surface area contributed by atoms with Crippen LogP contribution < -0.4 is 5.43 Å². The number of fused-ring (bicyclic) bond motifs is 1. The van der Waals surface area contributed by atoms with Gasteiger partial charge >= 0.3 is 0 Å². The maximum atomic E-state index is 12.1. The summed E-state index contributed by atoms with van der Waals surface area (Å²) >= 11 is 0. The lowest BCUT2D eigenvalue weighted by Gasteiger charge is -2.08. The molecule has 0 saturated carbocycles. The number of hydrogen-bond acceptors (Lipinski definition) is 3. The lowest BCUT2D eigenvalue weighted by molar-refractivity contribution is 0.0976. The summed E-state index contributed by atoms with van der Waals surface area (Å²) in [5, 5.41) is 4.75. The second-order valence-corrected chi connectivity index (χ2v) is 4.79. The van der Waals surface area contributed by atoms with Crippen LogP contribution in [0, 0.1) is 0 Å². The Morgan fingerprint density at radius 2 is 1.71 bits per heavy atom. The Balaban J connectivity index is 1.85. The number of ketones is 1. The highest BCUT2D eigenvalue weighted by atomic mass is 16.1. The Kier molecular flexibility index (Phi) is 3.60. The summed E-state index contributed by atoms with van der Waals surface area (Å²) in [5.41, 5.74) is 1.35. The van der Waals surface area contributed by atoms with Gasteiger partial charge in [-0.2, -0.15) is 5.10 Å². The molecule has 0 saturated heterocycles. The van der Waals surface area contributed by atoms with Crippen LogP contribution in [0.2, 0.25) is 0 Å². The highest BCUT2D eigenvalue weighted by molar-refractivity contribution is 5.96. The SMILES string of the molecule is O=C(CCn1ncc(=O)c2ccccc21)c1ccccc1. The van der Waals surface area contributed by atoms with Crippen molar-refractivity contribution in [2.24, 2.45) is 0 Å². The smallest absolute Gasteiger partial charge is 0.207 e. The monoisotopic (exact) mass is 278 g/mol. The van der Waals surface area contributed by atoms with Crippen molar-refractivity contribution >= 4 is 16.7 Å². The summed E-state index contributed by atoms with van der Waals surface area (Å²) in [5.74, 6) is 0.0696. The van der Waals surface area contributed by atoms with Crippen molar-refractivity contribution in [2.45, 2.75) is 13.0 Å². The molecule has 21 heavy (non-hydrogen) atoms. The van der Waals surface area contributed by atoms with E-state index in [2.05, 4.69) is 5.10 Å². The van der Waals surface area contributed by atoms with Gasteiger partial charge in [0.25, 0.3) is 0 Å². The van der Waals surface area contributed by atoms with Gasteiger partial charge in [-0.25, -0.2) is 0 Å². The van der Waals surface area contributed by atoms with Gasteiger partial charge in [-0.1, -0.05) is 42.5 Å². The molecule has 104 valence electrons. The van der Waals surface area contributed by atoms with Crippen molar-refractivity contribution in [2.75, 3.05) is 0 Å². The topological polar surface area (TPSA) is 52.0 Å². The molecule has 4 nitrogen and oxygen atoms in total. The normalized spacial score (nSPS) is 10.7. The minimum Gasteiger partial charge on any atom is -0.294 e. The Bertz CT molecular complexity index is 838. The zero-order chi connectivity index (χ0) is 14.7. The van der Waals surface area contributed by atoms with Crippen LogP contribution in [-0.2, 0) is 6.54 Å². The molecular formula is C17H14N2O2. The molecule has 0 radical (unpaired) electrons. The molecule has 0 atom stereocenters. The van der Waals surface area contributed by atoms with E-state index in [9.17, 15) is 9.59 Å². The summed E-state index contributed by atoms with van der Waals surface area (Å²) in [6, 6.07) is 16.5. The summed E-state index contributed by atoms with van der Waals surface area (Å²) < 4.78 is 1.71. The Morgan fingerprint density at radius 3 is 2.52 bits per heavy atom. The van der Waals surface area contributed by atoms with Crippen molar-refractivity contribution in [1.82, 2.24) is 9.78 Å².